The molecule has 0 radical (unpaired) electrons. The van der Waals surface area contributed by atoms with E-state index in [1.165, 1.54) is 0 Å². The molecule has 9 nitrogen and oxygen atoms in total. The first kappa shape index (κ1) is 24.6. The maximum Gasteiger partial charge on any atom is 0.259 e. The van der Waals surface area contributed by atoms with Gasteiger partial charge < -0.3 is 24.8 Å². The van der Waals surface area contributed by atoms with E-state index in [2.05, 4.69) is 10.6 Å². The number of piperidine rings is 1. The first-order chi connectivity index (χ1) is 18.1. The number of fused-ring (bicyclic) bond motifs is 1. The largest absolute Gasteiger partial charge is 0.494 e. The van der Waals surface area contributed by atoms with E-state index in [1.807, 2.05) is 37.3 Å². The summed E-state index contributed by atoms with van der Waals surface area (Å²) < 4.78 is 17.9. The summed E-state index contributed by atoms with van der Waals surface area (Å²) in [5.74, 6) is 1.89. The van der Waals surface area contributed by atoms with E-state index in [1.54, 1.807) is 43.1 Å². The molecule has 1 aliphatic rings. The van der Waals surface area contributed by atoms with Gasteiger partial charge in [-0.25, -0.2) is 9.50 Å². The van der Waals surface area contributed by atoms with Crippen LogP contribution in [-0.2, 0) is 0 Å². The van der Waals surface area contributed by atoms with Crippen molar-refractivity contribution in [2.45, 2.75) is 25.7 Å². The van der Waals surface area contributed by atoms with Gasteiger partial charge in [-0.2, -0.15) is 5.10 Å². The SMILES string of the molecule is CCOc1ccc(-c2cc3nc(C4CCNCC4)c(C(=O)Nc4ccc(OC)c(OC)c4)cn3n2)cc1. The number of benzene rings is 2. The maximum atomic E-state index is 13.6. The zero-order valence-corrected chi connectivity index (χ0v) is 21.3. The molecular weight excluding hydrogens is 470 g/mol. The molecule has 192 valence electrons. The number of aromatic nitrogens is 3. The molecule has 1 amide bonds. The van der Waals surface area contributed by atoms with E-state index >= 15 is 0 Å². The Bertz CT molecular complexity index is 1390. The Morgan fingerprint density at radius 3 is 2.51 bits per heavy atom. The minimum absolute atomic E-state index is 0.182. The fourth-order valence-electron chi connectivity index (χ4n) is 4.66. The summed E-state index contributed by atoms with van der Waals surface area (Å²) in [7, 11) is 3.14. The third kappa shape index (κ3) is 5.22. The van der Waals surface area contributed by atoms with Crippen molar-refractivity contribution in [3.8, 4) is 28.5 Å². The zero-order chi connectivity index (χ0) is 25.8. The average Bonchev–Trinajstić information content (AvgIpc) is 3.36. The Kier molecular flexibility index (Phi) is 7.23. The topological polar surface area (TPSA) is 99.0 Å². The molecule has 3 heterocycles. The number of methoxy groups -OCH3 is 2. The van der Waals surface area contributed by atoms with Crippen LogP contribution < -0.4 is 24.8 Å². The van der Waals surface area contributed by atoms with Crippen molar-refractivity contribution >= 4 is 17.2 Å². The molecule has 2 N–H and O–H groups in total. The lowest BCUT2D eigenvalue weighted by Gasteiger charge is -2.24. The second-order valence-corrected chi connectivity index (χ2v) is 8.88. The van der Waals surface area contributed by atoms with Crippen LogP contribution in [0.25, 0.3) is 16.9 Å². The molecule has 5 rings (SSSR count). The number of nitrogens with zero attached hydrogens (tertiary/aromatic N) is 3. The van der Waals surface area contributed by atoms with Gasteiger partial charge in [-0.05, 0) is 69.3 Å². The van der Waals surface area contributed by atoms with Gasteiger partial charge in [0.05, 0.1) is 37.8 Å². The van der Waals surface area contributed by atoms with Gasteiger partial charge >= 0.3 is 0 Å². The molecule has 4 aromatic rings. The van der Waals surface area contributed by atoms with Crippen LogP contribution in [0.5, 0.6) is 17.2 Å². The quantitative estimate of drug-likeness (QED) is 0.366. The van der Waals surface area contributed by atoms with E-state index in [-0.39, 0.29) is 11.8 Å². The highest BCUT2D eigenvalue weighted by Crippen LogP contribution is 2.32. The Balaban J connectivity index is 1.51. The van der Waals surface area contributed by atoms with Gasteiger partial charge in [0.25, 0.3) is 5.91 Å². The van der Waals surface area contributed by atoms with Gasteiger partial charge in [0.2, 0.25) is 0 Å². The van der Waals surface area contributed by atoms with Crippen LogP contribution >= 0.6 is 0 Å². The molecule has 1 aliphatic heterocycles. The Morgan fingerprint density at radius 1 is 1.05 bits per heavy atom. The normalized spacial score (nSPS) is 13.9. The van der Waals surface area contributed by atoms with Crippen LogP contribution in [0.3, 0.4) is 0 Å². The van der Waals surface area contributed by atoms with E-state index in [0.717, 1.165) is 48.6 Å². The predicted molar refractivity (Wildman–Crippen MR) is 142 cm³/mol. The van der Waals surface area contributed by atoms with Crippen LogP contribution in [0.1, 0.15) is 41.7 Å². The lowest BCUT2D eigenvalue weighted by atomic mass is 9.91. The van der Waals surface area contributed by atoms with Crippen LogP contribution in [0.15, 0.2) is 54.7 Å². The van der Waals surface area contributed by atoms with E-state index < -0.39 is 0 Å². The molecule has 0 bridgehead atoms. The fraction of sp³-hybridized carbons (Fsp3) is 0.321. The summed E-state index contributed by atoms with van der Waals surface area (Å²) in [4.78, 5) is 18.5. The fourth-order valence-corrected chi connectivity index (χ4v) is 4.66. The minimum Gasteiger partial charge on any atom is -0.494 e. The Labute approximate surface area is 215 Å². The second-order valence-electron chi connectivity index (χ2n) is 8.88. The second kappa shape index (κ2) is 10.9. The summed E-state index contributed by atoms with van der Waals surface area (Å²) >= 11 is 0. The van der Waals surface area contributed by atoms with Gasteiger partial charge in [0, 0.05) is 35.5 Å². The van der Waals surface area contributed by atoms with E-state index in [0.29, 0.717) is 35.0 Å². The van der Waals surface area contributed by atoms with Crippen molar-refractivity contribution in [2.24, 2.45) is 0 Å². The predicted octanol–water partition coefficient (Wildman–Crippen LogP) is 4.53. The number of amides is 1. The van der Waals surface area contributed by atoms with Crippen LogP contribution in [0.2, 0.25) is 0 Å². The smallest absolute Gasteiger partial charge is 0.259 e. The Morgan fingerprint density at radius 2 is 1.81 bits per heavy atom. The highest BCUT2D eigenvalue weighted by Gasteiger charge is 2.25. The molecule has 9 heteroatoms. The molecule has 2 aromatic carbocycles. The molecule has 0 saturated carbocycles. The summed E-state index contributed by atoms with van der Waals surface area (Å²) in [6.45, 7) is 4.36. The average molecular weight is 502 g/mol. The van der Waals surface area contributed by atoms with Gasteiger partial charge in [0.15, 0.2) is 17.1 Å². The first-order valence-electron chi connectivity index (χ1n) is 12.5. The van der Waals surface area contributed by atoms with E-state index in [4.69, 9.17) is 24.3 Å². The van der Waals surface area contributed by atoms with Crippen molar-refractivity contribution in [3.05, 3.63) is 66.0 Å². The summed E-state index contributed by atoms with van der Waals surface area (Å²) in [5, 5.41) is 11.1. The summed E-state index contributed by atoms with van der Waals surface area (Å²) in [5.41, 5.74) is 4.35. The van der Waals surface area contributed by atoms with Crippen molar-refractivity contribution in [1.82, 2.24) is 19.9 Å². The van der Waals surface area contributed by atoms with Gasteiger partial charge in [-0.15, -0.1) is 0 Å². The third-order valence-electron chi connectivity index (χ3n) is 6.55. The number of carbonyl (C=O) groups is 1. The first-order valence-corrected chi connectivity index (χ1v) is 12.5. The van der Waals surface area contributed by atoms with E-state index in [9.17, 15) is 4.79 Å². The number of hydrogen-bond donors (Lipinski definition) is 2. The molecule has 1 fully saturated rings. The standard InChI is InChI=1S/C28H31N5O4/c1-4-37-21-8-5-18(6-9-21)23-16-26-31-27(19-11-13-29-14-12-19)22(17-33(26)32-23)28(34)30-20-7-10-24(35-2)25(15-20)36-3/h5-10,15-17,19,29H,4,11-14H2,1-3H3,(H,30,34). The third-order valence-corrected chi connectivity index (χ3v) is 6.55. The highest BCUT2D eigenvalue weighted by atomic mass is 16.5. The molecule has 1 saturated heterocycles. The van der Waals surface area contributed by atoms with Crippen molar-refractivity contribution < 1.29 is 19.0 Å². The minimum atomic E-state index is -0.242. The number of anilines is 1. The molecule has 37 heavy (non-hydrogen) atoms. The van der Waals surface area contributed by atoms with Crippen molar-refractivity contribution in [2.75, 3.05) is 39.2 Å². The zero-order valence-electron chi connectivity index (χ0n) is 21.3. The molecular formula is C28H31N5O4. The number of carbonyl (C=O) groups excluding carboxylic acids is 1. The summed E-state index contributed by atoms with van der Waals surface area (Å²) in [6, 6.07) is 15.1. The van der Waals surface area contributed by atoms with Gasteiger partial charge in [-0.1, -0.05) is 0 Å². The van der Waals surface area contributed by atoms with Gasteiger partial charge in [-0.3, -0.25) is 4.79 Å². The van der Waals surface area contributed by atoms with Crippen LogP contribution in [0, 0.1) is 0 Å². The summed E-state index contributed by atoms with van der Waals surface area (Å²) in [6.07, 6.45) is 3.62. The number of hydrogen-bond acceptors (Lipinski definition) is 7. The Hall–Kier alpha value is -4.11. The molecule has 0 unspecified atom stereocenters. The highest BCUT2D eigenvalue weighted by molar-refractivity contribution is 6.05. The lowest BCUT2D eigenvalue weighted by Crippen LogP contribution is -2.29. The number of rotatable bonds is 8. The number of ether oxygens (including phenoxy) is 3. The van der Waals surface area contributed by atoms with Gasteiger partial charge in [0.1, 0.15) is 5.75 Å². The molecule has 2 aromatic heterocycles. The van der Waals surface area contributed by atoms with Crippen molar-refractivity contribution in [1.29, 1.82) is 0 Å². The lowest BCUT2D eigenvalue weighted by molar-refractivity contribution is 0.102. The number of nitrogens with one attached hydrogen (secondary N) is 2. The van der Waals surface area contributed by atoms with Crippen LogP contribution in [0.4, 0.5) is 5.69 Å². The van der Waals surface area contributed by atoms with Crippen molar-refractivity contribution in [3.63, 3.8) is 0 Å². The molecule has 0 aliphatic carbocycles. The maximum absolute atomic E-state index is 13.6. The molecule has 0 spiro atoms. The molecule has 0 atom stereocenters. The van der Waals surface area contributed by atoms with Crippen LogP contribution in [-0.4, -0.2) is 54.4 Å². The monoisotopic (exact) mass is 501 g/mol.